The molecule has 204 valence electrons. The second-order valence-electron chi connectivity index (χ2n) is 9.34. The normalized spacial score (nSPS) is 18.9. The van der Waals surface area contributed by atoms with E-state index in [1.54, 1.807) is 14.2 Å². The number of carbonyl (C=O) groups excluding carboxylic acids is 2. The highest BCUT2D eigenvalue weighted by molar-refractivity contribution is 8.16. The number of allylic oxidation sites excluding steroid dienone is 1. The summed E-state index contributed by atoms with van der Waals surface area (Å²) in [4.78, 5) is 37.3. The second kappa shape index (κ2) is 11.4. The van der Waals surface area contributed by atoms with Crippen molar-refractivity contribution in [1.29, 1.82) is 0 Å². The van der Waals surface area contributed by atoms with E-state index in [4.69, 9.17) is 19.2 Å². The van der Waals surface area contributed by atoms with Crippen LogP contribution in [-0.4, -0.2) is 74.4 Å². The lowest BCUT2D eigenvalue weighted by atomic mass is 9.93. The standard InChI is InChI=1S/C29H32N4O5S/c1-19-26(28(35)38-4)27(21-9-5-7-11-23(21)36-2)33-20(18-39-29(33)30-19)17-25(34)32-15-13-31(14-16-32)22-10-6-8-12-24(22)37-3/h5-12,18,27H,13-17H2,1-4H3. The van der Waals surface area contributed by atoms with Crippen molar-refractivity contribution in [3.05, 3.63) is 76.5 Å². The van der Waals surface area contributed by atoms with Crippen molar-refractivity contribution in [3.63, 3.8) is 0 Å². The number of rotatable bonds is 7. The Hall–Kier alpha value is -3.92. The topological polar surface area (TPSA) is 83.9 Å². The molecule has 0 spiro atoms. The van der Waals surface area contributed by atoms with Crippen LogP contribution >= 0.6 is 11.8 Å². The van der Waals surface area contributed by atoms with Gasteiger partial charge in [0.25, 0.3) is 0 Å². The Balaban J connectivity index is 1.36. The summed E-state index contributed by atoms with van der Waals surface area (Å²) < 4.78 is 16.3. The summed E-state index contributed by atoms with van der Waals surface area (Å²) in [5.41, 5.74) is 3.65. The molecule has 1 amide bonds. The second-order valence-corrected chi connectivity index (χ2v) is 10.2. The van der Waals surface area contributed by atoms with Crippen LogP contribution in [0, 0.1) is 0 Å². The predicted molar refractivity (Wildman–Crippen MR) is 152 cm³/mol. The molecule has 10 heteroatoms. The van der Waals surface area contributed by atoms with Crippen LogP contribution in [0.1, 0.15) is 24.9 Å². The van der Waals surface area contributed by atoms with Crippen LogP contribution in [0.3, 0.4) is 0 Å². The molecule has 3 aliphatic rings. The number of para-hydroxylation sites is 3. The van der Waals surface area contributed by atoms with Crippen LogP contribution in [-0.2, 0) is 14.3 Å². The van der Waals surface area contributed by atoms with Gasteiger partial charge in [-0.3, -0.25) is 4.79 Å². The van der Waals surface area contributed by atoms with Gasteiger partial charge in [-0.2, -0.15) is 0 Å². The Kier molecular flexibility index (Phi) is 7.83. The molecular weight excluding hydrogens is 516 g/mol. The van der Waals surface area contributed by atoms with Gasteiger partial charge >= 0.3 is 5.97 Å². The number of amides is 1. The summed E-state index contributed by atoms with van der Waals surface area (Å²) in [5.74, 6) is 1.05. The number of piperazine rings is 1. The number of nitrogens with zero attached hydrogens (tertiary/aromatic N) is 4. The SMILES string of the molecule is COC(=O)C1=C(C)N=C2SC=C(CC(=O)N3CCN(c4ccccc4OC)CC3)N2C1c1ccccc1OC. The van der Waals surface area contributed by atoms with Crippen LogP contribution in [0.5, 0.6) is 11.5 Å². The molecule has 0 aliphatic carbocycles. The smallest absolute Gasteiger partial charge is 0.338 e. The maximum Gasteiger partial charge on any atom is 0.338 e. The molecule has 0 bridgehead atoms. The van der Waals surface area contributed by atoms with Gasteiger partial charge in [0.05, 0.1) is 50.7 Å². The molecule has 0 saturated carbocycles. The highest BCUT2D eigenvalue weighted by Gasteiger charge is 2.42. The number of carbonyl (C=O) groups is 2. The minimum atomic E-state index is -0.530. The van der Waals surface area contributed by atoms with Crippen LogP contribution < -0.4 is 14.4 Å². The number of amidine groups is 1. The van der Waals surface area contributed by atoms with E-state index >= 15 is 0 Å². The van der Waals surface area contributed by atoms with Crippen molar-refractivity contribution in [2.24, 2.45) is 4.99 Å². The molecular formula is C29H32N4O5S. The maximum absolute atomic E-state index is 13.5. The van der Waals surface area contributed by atoms with E-state index in [1.165, 1.54) is 18.9 Å². The van der Waals surface area contributed by atoms with E-state index < -0.39 is 12.0 Å². The Labute approximate surface area is 232 Å². The van der Waals surface area contributed by atoms with E-state index in [-0.39, 0.29) is 12.3 Å². The van der Waals surface area contributed by atoms with Gasteiger partial charge < -0.3 is 28.9 Å². The fourth-order valence-corrected chi connectivity index (χ4v) is 6.25. The molecule has 2 aromatic rings. The number of hydrogen-bond acceptors (Lipinski definition) is 9. The highest BCUT2D eigenvalue weighted by Crippen LogP contribution is 2.47. The monoisotopic (exact) mass is 548 g/mol. The summed E-state index contributed by atoms with van der Waals surface area (Å²) in [6.45, 7) is 4.47. The third kappa shape index (κ3) is 5.08. The molecule has 0 radical (unpaired) electrons. The minimum absolute atomic E-state index is 0.0347. The molecule has 1 fully saturated rings. The average molecular weight is 549 g/mol. The first-order valence-corrected chi connectivity index (χ1v) is 13.7. The van der Waals surface area contributed by atoms with Crippen LogP contribution in [0.2, 0.25) is 0 Å². The lowest BCUT2D eigenvalue weighted by molar-refractivity contribution is -0.136. The van der Waals surface area contributed by atoms with Crippen molar-refractivity contribution < 1.29 is 23.8 Å². The Morgan fingerprint density at radius 2 is 1.62 bits per heavy atom. The van der Waals surface area contributed by atoms with Gasteiger partial charge in [-0.1, -0.05) is 42.1 Å². The van der Waals surface area contributed by atoms with E-state index in [1.807, 2.05) is 70.7 Å². The summed E-state index contributed by atoms with van der Waals surface area (Å²) in [6.07, 6.45) is 0.194. The van der Waals surface area contributed by atoms with Crippen molar-refractivity contribution in [3.8, 4) is 11.5 Å². The molecule has 39 heavy (non-hydrogen) atoms. The molecule has 3 heterocycles. The Morgan fingerprint density at radius 3 is 2.31 bits per heavy atom. The van der Waals surface area contributed by atoms with Crippen LogP contribution in [0.25, 0.3) is 0 Å². The first-order chi connectivity index (χ1) is 19.0. The van der Waals surface area contributed by atoms with Crippen molar-refractivity contribution in [1.82, 2.24) is 9.80 Å². The highest BCUT2D eigenvalue weighted by atomic mass is 32.2. The predicted octanol–water partition coefficient (Wildman–Crippen LogP) is 4.19. The first-order valence-electron chi connectivity index (χ1n) is 12.8. The van der Waals surface area contributed by atoms with Gasteiger partial charge in [0, 0.05) is 37.4 Å². The van der Waals surface area contributed by atoms with Gasteiger partial charge in [-0.05, 0) is 30.5 Å². The lowest BCUT2D eigenvalue weighted by Gasteiger charge is -2.38. The number of ether oxygens (including phenoxy) is 3. The minimum Gasteiger partial charge on any atom is -0.496 e. The third-order valence-electron chi connectivity index (χ3n) is 7.23. The van der Waals surface area contributed by atoms with E-state index in [2.05, 4.69) is 4.90 Å². The van der Waals surface area contributed by atoms with Crippen molar-refractivity contribution in [2.75, 3.05) is 52.4 Å². The molecule has 0 aromatic heterocycles. The quantitative estimate of drug-likeness (QED) is 0.477. The summed E-state index contributed by atoms with van der Waals surface area (Å²) >= 11 is 1.46. The number of hydrogen-bond donors (Lipinski definition) is 0. The molecule has 9 nitrogen and oxygen atoms in total. The number of anilines is 1. The summed E-state index contributed by atoms with van der Waals surface area (Å²) in [6, 6.07) is 15.0. The number of aliphatic imine (C=N–C) groups is 1. The molecule has 0 N–H and O–H groups in total. The summed E-state index contributed by atoms with van der Waals surface area (Å²) in [5, 5.41) is 2.68. The lowest BCUT2D eigenvalue weighted by Crippen LogP contribution is -2.49. The molecule has 1 atom stereocenters. The zero-order valence-electron chi connectivity index (χ0n) is 22.5. The van der Waals surface area contributed by atoms with Crippen molar-refractivity contribution >= 4 is 34.5 Å². The van der Waals surface area contributed by atoms with E-state index in [9.17, 15) is 9.59 Å². The number of thioether (sulfide) groups is 1. The fourth-order valence-electron chi connectivity index (χ4n) is 5.28. The third-order valence-corrected chi connectivity index (χ3v) is 8.12. The van der Waals surface area contributed by atoms with Crippen LogP contribution in [0.15, 0.2) is 75.9 Å². The number of methoxy groups -OCH3 is 3. The van der Waals surface area contributed by atoms with Crippen molar-refractivity contribution in [2.45, 2.75) is 19.4 Å². The largest absolute Gasteiger partial charge is 0.496 e. The average Bonchev–Trinajstić information content (AvgIpc) is 3.37. The number of benzene rings is 2. The van der Waals surface area contributed by atoms with Gasteiger partial charge in [0.15, 0.2) is 5.17 Å². The zero-order valence-corrected chi connectivity index (χ0v) is 23.4. The molecule has 5 rings (SSSR count). The zero-order chi connectivity index (χ0) is 27.5. The van der Waals surface area contributed by atoms with Gasteiger partial charge in [-0.25, -0.2) is 9.79 Å². The Bertz CT molecular complexity index is 1360. The van der Waals surface area contributed by atoms with E-state index in [0.717, 1.165) is 27.9 Å². The molecule has 1 saturated heterocycles. The number of fused-ring (bicyclic) bond motifs is 1. The first kappa shape index (κ1) is 26.7. The van der Waals surface area contributed by atoms with Gasteiger partial charge in [-0.15, -0.1) is 0 Å². The van der Waals surface area contributed by atoms with Gasteiger partial charge in [0.2, 0.25) is 5.91 Å². The number of esters is 1. The molecule has 3 aliphatic heterocycles. The Morgan fingerprint density at radius 1 is 0.949 bits per heavy atom. The molecule has 1 unspecified atom stereocenters. The van der Waals surface area contributed by atoms with Gasteiger partial charge in [0.1, 0.15) is 11.5 Å². The molecule has 2 aromatic carbocycles. The summed E-state index contributed by atoms with van der Waals surface area (Å²) in [7, 11) is 4.64. The maximum atomic E-state index is 13.5. The van der Waals surface area contributed by atoms with Crippen LogP contribution in [0.4, 0.5) is 5.69 Å². The fraction of sp³-hybridized carbons (Fsp3) is 0.345. The van der Waals surface area contributed by atoms with E-state index in [0.29, 0.717) is 43.2 Å².